The van der Waals surface area contributed by atoms with Gasteiger partial charge in [-0.05, 0) is 6.42 Å². The predicted molar refractivity (Wildman–Crippen MR) is 36.3 cm³/mol. The van der Waals surface area contributed by atoms with Crippen molar-refractivity contribution in [3.63, 3.8) is 0 Å². The molecule has 0 radical (unpaired) electrons. The lowest BCUT2D eigenvalue weighted by Gasteiger charge is -2.03. The smallest absolute Gasteiger partial charge is 0.330 e. The maximum atomic E-state index is 12.3. The van der Waals surface area contributed by atoms with Crippen LogP contribution in [0.3, 0.4) is 0 Å². The van der Waals surface area contributed by atoms with Gasteiger partial charge in [0, 0.05) is 6.08 Å². The van der Waals surface area contributed by atoms with Crippen molar-refractivity contribution in [1.82, 2.24) is 0 Å². The van der Waals surface area contributed by atoms with Crippen molar-refractivity contribution in [3.8, 4) is 0 Å². The Morgan fingerprint density at radius 2 is 2.50 bits per heavy atom. The third-order valence-corrected chi connectivity index (χ3v) is 1.02. The molecule has 0 aliphatic heterocycles. The lowest BCUT2D eigenvalue weighted by molar-refractivity contribution is -0.139. The fourth-order valence-electron chi connectivity index (χ4n) is 0.349. The van der Waals surface area contributed by atoms with E-state index in [4.69, 9.17) is 0 Å². The third-order valence-electron chi connectivity index (χ3n) is 1.02. The van der Waals surface area contributed by atoms with Crippen LogP contribution in [0.1, 0.15) is 13.3 Å². The van der Waals surface area contributed by atoms with E-state index in [0.717, 1.165) is 6.08 Å². The van der Waals surface area contributed by atoms with Gasteiger partial charge in [-0.15, -0.1) is 0 Å². The van der Waals surface area contributed by atoms with Gasteiger partial charge in [-0.25, -0.2) is 9.18 Å². The summed E-state index contributed by atoms with van der Waals surface area (Å²) in [5, 5.41) is 0. The number of halogens is 1. The minimum Gasteiger partial charge on any atom is -0.459 e. The second kappa shape index (κ2) is 4.97. The number of esters is 1. The normalized spacial score (nSPS) is 12.2. The maximum Gasteiger partial charge on any atom is 0.330 e. The summed E-state index contributed by atoms with van der Waals surface area (Å²) in [6, 6.07) is 0. The highest BCUT2D eigenvalue weighted by Gasteiger charge is 2.04. The Bertz CT molecular complexity index is 123. The summed E-state index contributed by atoms with van der Waals surface area (Å²) in [4.78, 5) is 10.3. The average molecular weight is 146 g/mol. The lowest BCUT2D eigenvalue weighted by atomic mass is 10.3. The lowest BCUT2D eigenvalue weighted by Crippen LogP contribution is -2.12. The number of ether oxygens (including phenoxy) is 1. The zero-order valence-electron chi connectivity index (χ0n) is 5.97. The summed E-state index contributed by atoms with van der Waals surface area (Å²) in [7, 11) is 0. The van der Waals surface area contributed by atoms with Gasteiger partial charge in [-0.1, -0.05) is 13.5 Å². The monoisotopic (exact) mass is 146 g/mol. The first kappa shape index (κ1) is 9.14. The topological polar surface area (TPSA) is 26.3 Å². The Balaban J connectivity index is 3.34. The molecule has 1 unspecified atom stereocenters. The third kappa shape index (κ3) is 4.06. The molecule has 58 valence electrons. The standard InChI is InChI=1S/C7H11FO2/c1-3-6(8)5-10-7(9)4-2/h4,6H,2-3,5H2,1H3. The molecule has 10 heavy (non-hydrogen) atoms. The molecule has 0 spiro atoms. The van der Waals surface area contributed by atoms with Gasteiger partial charge in [-0.2, -0.15) is 0 Å². The fourth-order valence-corrected chi connectivity index (χ4v) is 0.349. The van der Waals surface area contributed by atoms with Gasteiger partial charge in [0.2, 0.25) is 0 Å². The summed E-state index contributed by atoms with van der Waals surface area (Å²) < 4.78 is 16.7. The Kier molecular flexibility index (Phi) is 4.54. The molecule has 0 saturated carbocycles. The van der Waals surface area contributed by atoms with E-state index in [0.29, 0.717) is 6.42 Å². The Hall–Kier alpha value is -0.860. The van der Waals surface area contributed by atoms with Crippen molar-refractivity contribution in [2.75, 3.05) is 6.61 Å². The van der Waals surface area contributed by atoms with E-state index in [9.17, 15) is 9.18 Å². The molecule has 0 bridgehead atoms. The highest BCUT2D eigenvalue weighted by molar-refractivity contribution is 5.81. The van der Waals surface area contributed by atoms with Crippen molar-refractivity contribution >= 4 is 5.97 Å². The highest BCUT2D eigenvalue weighted by atomic mass is 19.1. The number of alkyl halides is 1. The van der Waals surface area contributed by atoms with Crippen molar-refractivity contribution in [1.29, 1.82) is 0 Å². The van der Waals surface area contributed by atoms with Gasteiger partial charge in [0.15, 0.2) is 0 Å². The first-order valence-electron chi connectivity index (χ1n) is 3.14. The molecule has 1 atom stereocenters. The molecule has 3 heteroatoms. The van der Waals surface area contributed by atoms with E-state index in [2.05, 4.69) is 11.3 Å². The number of hydrogen-bond donors (Lipinski definition) is 0. The second-order valence-electron chi connectivity index (χ2n) is 1.84. The van der Waals surface area contributed by atoms with Crippen molar-refractivity contribution in [3.05, 3.63) is 12.7 Å². The molecular weight excluding hydrogens is 135 g/mol. The molecule has 0 N–H and O–H groups in total. The van der Waals surface area contributed by atoms with E-state index in [-0.39, 0.29) is 6.61 Å². The van der Waals surface area contributed by atoms with E-state index in [1.165, 1.54) is 0 Å². The quantitative estimate of drug-likeness (QED) is 0.443. The maximum absolute atomic E-state index is 12.3. The Labute approximate surface area is 59.7 Å². The van der Waals surface area contributed by atoms with Gasteiger partial charge in [0.05, 0.1) is 0 Å². The fraction of sp³-hybridized carbons (Fsp3) is 0.571. The molecule has 0 aromatic carbocycles. The number of carbonyl (C=O) groups is 1. The number of hydrogen-bond acceptors (Lipinski definition) is 2. The number of rotatable bonds is 4. The first-order chi connectivity index (χ1) is 4.70. The van der Waals surface area contributed by atoms with Crippen LogP contribution in [-0.4, -0.2) is 18.7 Å². The van der Waals surface area contributed by atoms with Crippen LogP contribution in [0.2, 0.25) is 0 Å². The predicted octanol–water partition coefficient (Wildman–Crippen LogP) is 1.46. The molecule has 0 aliphatic rings. The summed E-state index contributed by atoms with van der Waals surface area (Å²) in [6.07, 6.45) is 0.330. The average Bonchev–Trinajstić information content (AvgIpc) is 1.99. The molecule has 0 aliphatic carbocycles. The van der Waals surface area contributed by atoms with Crippen LogP contribution in [0.15, 0.2) is 12.7 Å². The molecule has 0 aromatic heterocycles. The Morgan fingerprint density at radius 1 is 1.90 bits per heavy atom. The first-order valence-corrected chi connectivity index (χ1v) is 3.14. The minimum atomic E-state index is -1.05. The summed E-state index contributed by atoms with van der Waals surface area (Å²) in [5.74, 6) is -0.573. The summed E-state index contributed by atoms with van der Waals surface area (Å²) >= 11 is 0. The zero-order valence-corrected chi connectivity index (χ0v) is 5.97. The van der Waals surface area contributed by atoms with Gasteiger partial charge in [0.25, 0.3) is 0 Å². The van der Waals surface area contributed by atoms with Crippen LogP contribution in [0, 0.1) is 0 Å². The molecule has 0 amide bonds. The minimum absolute atomic E-state index is 0.165. The van der Waals surface area contributed by atoms with Crippen LogP contribution in [0.4, 0.5) is 4.39 Å². The van der Waals surface area contributed by atoms with E-state index >= 15 is 0 Å². The SMILES string of the molecule is C=CC(=O)OCC(F)CC. The molecule has 0 fully saturated rings. The van der Waals surface area contributed by atoms with Crippen LogP contribution in [-0.2, 0) is 9.53 Å². The van der Waals surface area contributed by atoms with E-state index in [1.54, 1.807) is 6.92 Å². The molecule has 0 rings (SSSR count). The molecule has 0 saturated heterocycles. The Morgan fingerprint density at radius 3 is 2.90 bits per heavy atom. The van der Waals surface area contributed by atoms with Gasteiger partial charge >= 0.3 is 5.97 Å². The highest BCUT2D eigenvalue weighted by Crippen LogP contribution is 1.96. The summed E-state index contributed by atoms with van der Waals surface area (Å²) in [5.41, 5.74) is 0. The van der Waals surface area contributed by atoms with Crippen LogP contribution < -0.4 is 0 Å². The second-order valence-corrected chi connectivity index (χ2v) is 1.84. The van der Waals surface area contributed by atoms with E-state index < -0.39 is 12.1 Å². The van der Waals surface area contributed by atoms with E-state index in [1.807, 2.05) is 0 Å². The van der Waals surface area contributed by atoms with Crippen molar-refractivity contribution in [2.24, 2.45) is 0 Å². The largest absolute Gasteiger partial charge is 0.459 e. The van der Waals surface area contributed by atoms with Gasteiger partial charge in [0.1, 0.15) is 12.8 Å². The van der Waals surface area contributed by atoms with Crippen LogP contribution >= 0.6 is 0 Å². The zero-order chi connectivity index (χ0) is 7.98. The number of carbonyl (C=O) groups excluding carboxylic acids is 1. The molecular formula is C7H11FO2. The van der Waals surface area contributed by atoms with Gasteiger partial charge < -0.3 is 4.74 Å². The molecule has 0 aromatic rings. The van der Waals surface area contributed by atoms with Crippen LogP contribution in [0.25, 0.3) is 0 Å². The molecule has 0 heterocycles. The van der Waals surface area contributed by atoms with Crippen molar-refractivity contribution in [2.45, 2.75) is 19.5 Å². The summed E-state index contributed by atoms with van der Waals surface area (Å²) in [6.45, 7) is 4.69. The van der Waals surface area contributed by atoms with Crippen LogP contribution in [0.5, 0.6) is 0 Å². The van der Waals surface area contributed by atoms with Crippen molar-refractivity contribution < 1.29 is 13.9 Å². The molecule has 2 nitrogen and oxygen atoms in total. The van der Waals surface area contributed by atoms with Gasteiger partial charge in [-0.3, -0.25) is 0 Å².